The summed E-state index contributed by atoms with van der Waals surface area (Å²) in [5, 5.41) is 3.00. The maximum Gasteiger partial charge on any atom is 0.404 e. The molecule has 0 atom stereocenters. The van der Waals surface area contributed by atoms with Crippen molar-refractivity contribution in [3.8, 4) is 0 Å². The fourth-order valence-corrected chi connectivity index (χ4v) is 1.28. The third-order valence-electron chi connectivity index (χ3n) is 2.23. The molecule has 0 aromatic heterocycles. The van der Waals surface area contributed by atoms with Crippen LogP contribution in [0.25, 0.3) is 0 Å². The van der Waals surface area contributed by atoms with Crippen LogP contribution in [0.2, 0.25) is 0 Å². The first-order valence-electron chi connectivity index (χ1n) is 5.95. The molecule has 1 heterocycles. The Morgan fingerprint density at radius 1 is 1.17 bits per heavy atom. The van der Waals surface area contributed by atoms with Gasteiger partial charge in [0.05, 0.1) is 0 Å². The second-order valence-corrected chi connectivity index (χ2v) is 4.53. The smallest absolute Gasteiger partial charge is 0.404 e. The molecule has 0 aromatic carbocycles. The number of carbonyl (C=O) groups excluding carboxylic acids is 2. The number of hydrogen-bond acceptors (Lipinski definition) is 5. The summed E-state index contributed by atoms with van der Waals surface area (Å²) in [7, 11) is 0. The van der Waals surface area contributed by atoms with E-state index < -0.39 is 17.6 Å². The molecular weight excluding hydrogens is 238 g/mol. The van der Waals surface area contributed by atoms with Crippen LogP contribution in [-0.2, 0) is 9.47 Å². The van der Waals surface area contributed by atoms with Gasteiger partial charge in [-0.3, -0.25) is 0 Å². The number of hydrogen-bond donors (Lipinski definition) is 3. The third kappa shape index (κ3) is 11.0. The summed E-state index contributed by atoms with van der Waals surface area (Å²) in [4.78, 5) is 20.9. The third-order valence-corrected chi connectivity index (χ3v) is 2.23. The molecule has 7 nitrogen and oxygen atoms in total. The Hall–Kier alpha value is -1.50. The van der Waals surface area contributed by atoms with E-state index >= 15 is 0 Å². The Morgan fingerprint density at radius 3 is 1.78 bits per heavy atom. The Labute approximate surface area is 107 Å². The van der Waals surface area contributed by atoms with Gasteiger partial charge in [0.1, 0.15) is 13.2 Å². The van der Waals surface area contributed by atoms with Gasteiger partial charge in [-0.1, -0.05) is 20.3 Å². The standard InChI is InChI=1S/C9H18N2O4.C2H5N/c1-3-4-9(2,5-14-7(10)12)6-15-8(11)13;1-2-3-1/h3-6H2,1-2H3,(H2,10,12)(H2,11,13);3H,1-2H2. The summed E-state index contributed by atoms with van der Waals surface area (Å²) in [6.45, 7) is 6.54. The Morgan fingerprint density at radius 2 is 1.56 bits per heavy atom. The van der Waals surface area contributed by atoms with Gasteiger partial charge in [0.25, 0.3) is 0 Å². The number of rotatable bonds is 6. The highest BCUT2D eigenvalue weighted by Gasteiger charge is 2.26. The zero-order valence-electron chi connectivity index (χ0n) is 11.0. The second kappa shape index (κ2) is 8.57. The molecule has 0 spiro atoms. The second-order valence-electron chi connectivity index (χ2n) is 4.53. The average Bonchev–Trinajstić information content (AvgIpc) is 3.12. The van der Waals surface area contributed by atoms with Crippen molar-refractivity contribution in [2.75, 3.05) is 26.3 Å². The summed E-state index contributed by atoms with van der Waals surface area (Å²) < 4.78 is 9.40. The molecule has 0 unspecified atom stereocenters. The molecule has 18 heavy (non-hydrogen) atoms. The van der Waals surface area contributed by atoms with Gasteiger partial charge in [0, 0.05) is 18.5 Å². The lowest BCUT2D eigenvalue weighted by Crippen LogP contribution is -2.33. The van der Waals surface area contributed by atoms with E-state index in [9.17, 15) is 9.59 Å². The van der Waals surface area contributed by atoms with Crippen LogP contribution in [0.4, 0.5) is 9.59 Å². The van der Waals surface area contributed by atoms with E-state index in [-0.39, 0.29) is 13.2 Å². The number of ether oxygens (including phenoxy) is 2. The lowest BCUT2D eigenvalue weighted by molar-refractivity contribution is 0.0367. The van der Waals surface area contributed by atoms with Crippen LogP contribution >= 0.6 is 0 Å². The van der Waals surface area contributed by atoms with Crippen molar-refractivity contribution in [1.82, 2.24) is 5.32 Å². The Kier molecular flexibility index (Phi) is 7.86. The molecule has 0 saturated carbocycles. The van der Waals surface area contributed by atoms with Crippen molar-refractivity contribution in [2.45, 2.75) is 26.7 Å². The summed E-state index contributed by atoms with van der Waals surface area (Å²) in [6.07, 6.45) is -0.0540. The topological polar surface area (TPSA) is 127 Å². The number of amides is 2. The molecule has 1 saturated heterocycles. The molecule has 0 aromatic rings. The maximum absolute atomic E-state index is 10.5. The minimum Gasteiger partial charge on any atom is -0.449 e. The van der Waals surface area contributed by atoms with Crippen molar-refractivity contribution < 1.29 is 19.1 Å². The maximum atomic E-state index is 10.5. The first-order valence-corrected chi connectivity index (χ1v) is 5.95. The van der Waals surface area contributed by atoms with Crippen molar-refractivity contribution in [3.05, 3.63) is 0 Å². The van der Waals surface area contributed by atoms with Gasteiger partial charge in [-0.05, 0) is 6.42 Å². The lowest BCUT2D eigenvalue weighted by Gasteiger charge is -2.27. The van der Waals surface area contributed by atoms with E-state index in [1.54, 1.807) is 0 Å². The summed E-state index contributed by atoms with van der Waals surface area (Å²) in [5.41, 5.74) is 9.28. The summed E-state index contributed by atoms with van der Waals surface area (Å²) >= 11 is 0. The van der Waals surface area contributed by atoms with Crippen molar-refractivity contribution in [2.24, 2.45) is 16.9 Å². The summed E-state index contributed by atoms with van der Waals surface area (Å²) in [6, 6.07) is 0. The monoisotopic (exact) mass is 261 g/mol. The minimum atomic E-state index is -0.837. The van der Waals surface area contributed by atoms with Crippen LogP contribution in [0.1, 0.15) is 26.7 Å². The molecule has 5 N–H and O–H groups in total. The van der Waals surface area contributed by atoms with Gasteiger partial charge in [-0.2, -0.15) is 0 Å². The average molecular weight is 261 g/mol. The molecule has 0 aliphatic carbocycles. The van der Waals surface area contributed by atoms with E-state index in [1.807, 2.05) is 13.8 Å². The van der Waals surface area contributed by atoms with Gasteiger partial charge >= 0.3 is 12.2 Å². The van der Waals surface area contributed by atoms with E-state index in [2.05, 4.69) is 5.32 Å². The molecule has 1 aliphatic rings. The molecule has 1 aliphatic heterocycles. The number of carbonyl (C=O) groups is 2. The van der Waals surface area contributed by atoms with Crippen LogP contribution in [0.15, 0.2) is 0 Å². The van der Waals surface area contributed by atoms with Gasteiger partial charge in [0.2, 0.25) is 0 Å². The molecule has 7 heteroatoms. The first-order chi connectivity index (χ1) is 8.39. The minimum absolute atomic E-state index is 0.115. The summed E-state index contributed by atoms with van der Waals surface area (Å²) in [5.74, 6) is 0. The SMILES string of the molecule is C1CN1.CCCC(C)(COC(N)=O)COC(N)=O. The fraction of sp³-hybridized carbons (Fsp3) is 0.818. The van der Waals surface area contributed by atoms with Crippen LogP contribution in [0, 0.1) is 5.41 Å². The first kappa shape index (κ1) is 16.5. The van der Waals surface area contributed by atoms with Crippen LogP contribution in [0.5, 0.6) is 0 Å². The highest BCUT2D eigenvalue weighted by Crippen LogP contribution is 2.24. The molecule has 2 amide bonds. The number of nitrogens with one attached hydrogen (secondary N) is 1. The van der Waals surface area contributed by atoms with Crippen LogP contribution in [0.3, 0.4) is 0 Å². The molecule has 1 rings (SSSR count). The molecule has 106 valence electrons. The molecule has 0 radical (unpaired) electrons. The fourth-order valence-electron chi connectivity index (χ4n) is 1.28. The zero-order valence-corrected chi connectivity index (χ0v) is 11.0. The molecule has 0 bridgehead atoms. The van der Waals surface area contributed by atoms with Gasteiger partial charge in [-0.15, -0.1) is 0 Å². The van der Waals surface area contributed by atoms with Gasteiger partial charge in [0.15, 0.2) is 0 Å². The predicted octanol–water partition coefficient (Wildman–Crippen LogP) is 0.573. The van der Waals surface area contributed by atoms with E-state index in [1.165, 1.54) is 13.1 Å². The van der Waals surface area contributed by atoms with Gasteiger partial charge < -0.3 is 26.3 Å². The van der Waals surface area contributed by atoms with Gasteiger partial charge in [-0.25, -0.2) is 9.59 Å². The number of nitrogens with two attached hydrogens (primary N) is 2. The Bertz CT molecular complexity index is 248. The van der Waals surface area contributed by atoms with Crippen LogP contribution < -0.4 is 16.8 Å². The highest BCUT2D eigenvalue weighted by molar-refractivity contribution is 5.65. The molecular formula is C11H23N3O4. The van der Waals surface area contributed by atoms with Crippen molar-refractivity contribution in [1.29, 1.82) is 0 Å². The largest absolute Gasteiger partial charge is 0.449 e. The number of primary amides is 2. The quantitative estimate of drug-likeness (QED) is 0.602. The normalized spacial score (nSPS) is 13.0. The molecule has 1 fully saturated rings. The Balaban J connectivity index is 0.000000827. The van der Waals surface area contributed by atoms with E-state index in [0.29, 0.717) is 0 Å². The van der Waals surface area contributed by atoms with Crippen molar-refractivity contribution in [3.63, 3.8) is 0 Å². The zero-order chi connectivity index (χ0) is 14.0. The van der Waals surface area contributed by atoms with Crippen LogP contribution in [-0.4, -0.2) is 38.5 Å². The van der Waals surface area contributed by atoms with Crippen molar-refractivity contribution >= 4 is 12.2 Å². The van der Waals surface area contributed by atoms with E-state index in [0.717, 1.165) is 12.8 Å². The highest BCUT2D eigenvalue weighted by atomic mass is 16.6. The van der Waals surface area contributed by atoms with E-state index in [4.69, 9.17) is 20.9 Å². The predicted molar refractivity (Wildman–Crippen MR) is 67.0 cm³/mol. The lowest BCUT2D eigenvalue weighted by atomic mass is 9.87.